The minimum absolute atomic E-state index is 0. The van der Waals surface area contributed by atoms with Gasteiger partial charge in [0.2, 0.25) is 0 Å². The predicted octanol–water partition coefficient (Wildman–Crippen LogP) is 0.160. The minimum atomic E-state index is -2.38. The van der Waals surface area contributed by atoms with E-state index in [1.165, 1.54) is 18.2 Å². The first-order chi connectivity index (χ1) is 5.61. The molecule has 0 heterocycles. The van der Waals surface area contributed by atoms with Crippen LogP contribution in [0.15, 0.2) is 34.1 Å². The third kappa shape index (κ3) is 3.74. The maximum absolute atomic E-state index is 10.4. The summed E-state index contributed by atoms with van der Waals surface area (Å²) in [5, 5.41) is 0. The molecule has 0 radical (unpaired) electrons. The molecule has 0 amide bonds. The molecule has 2 unspecified atom stereocenters. The first kappa shape index (κ1) is 13.1. The van der Waals surface area contributed by atoms with Crippen molar-refractivity contribution < 1.29 is 37.0 Å². The Labute approximate surface area is 93.1 Å². The van der Waals surface area contributed by atoms with Crippen molar-refractivity contribution in [3.63, 3.8) is 0 Å². The predicted molar refractivity (Wildman–Crippen MR) is 40.8 cm³/mol. The van der Waals surface area contributed by atoms with Gasteiger partial charge >= 0.3 is 19.5 Å². The Morgan fingerprint density at radius 3 is 1.69 bits per heavy atom. The third-order valence-corrected chi connectivity index (χ3v) is 2.47. The second kappa shape index (κ2) is 5.72. The second-order valence-corrected chi connectivity index (χ2v) is 3.83. The normalized spacial score (nSPS) is 14.3. The van der Waals surface area contributed by atoms with Gasteiger partial charge in [0.25, 0.3) is 0 Å². The summed E-state index contributed by atoms with van der Waals surface area (Å²) in [5.41, 5.74) is 0. The summed E-state index contributed by atoms with van der Waals surface area (Å²) in [6, 6.07) is 5.10. The van der Waals surface area contributed by atoms with E-state index in [1.807, 2.05) is 0 Å². The summed E-state index contributed by atoms with van der Waals surface area (Å²) >= 11 is -4.76. The van der Waals surface area contributed by atoms with Crippen LogP contribution in [0.2, 0.25) is 0 Å². The van der Waals surface area contributed by atoms with Gasteiger partial charge in [-0.15, -0.1) is 0 Å². The van der Waals surface area contributed by atoms with Crippen molar-refractivity contribution in [2.24, 2.45) is 0 Å². The average molecular weight is 270 g/mol. The van der Waals surface area contributed by atoms with Gasteiger partial charge in [-0.3, -0.25) is 8.42 Å². The van der Waals surface area contributed by atoms with Crippen molar-refractivity contribution in [3.8, 4) is 0 Å². The van der Waals surface area contributed by atoms with Gasteiger partial charge in [-0.2, -0.15) is 0 Å². The molecule has 13 heavy (non-hydrogen) atoms. The van der Waals surface area contributed by atoms with Crippen LogP contribution < -0.4 is 0 Å². The van der Waals surface area contributed by atoms with Gasteiger partial charge in [0, 0.05) is 9.79 Å². The first-order valence-electron chi connectivity index (χ1n) is 2.90. The fourth-order valence-corrected chi connectivity index (χ4v) is 1.58. The maximum Gasteiger partial charge on any atom is 2.00 e. The molecule has 0 aliphatic rings. The molecule has 0 fully saturated rings. The number of hydrogen-bond donors (Lipinski definition) is 0. The minimum Gasteiger partial charge on any atom is -0.768 e. The Hall–Kier alpha value is 0.0634. The topological polar surface area (TPSA) is 80.3 Å². The van der Waals surface area contributed by atoms with E-state index in [2.05, 4.69) is 0 Å². The van der Waals surface area contributed by atoms with Crippen LogP contribution in [0.5, 0.6) is 0 Å². The molecule has 0 spiro atoms. The number of rotatable bonds is 2. The van der Waals surface area contributed by atoms with E-state index in [-0.39, 0.29) is 29.3 Å². The van der Waals surface area contributed by atoms with Crippen molar-refractivity contribution in [1.82, 2.24) is 0 Å². The fraction of sp³-hybridized carbons (Fsp3) is 0. The Morgan fingerprint density at radius 1 is 1.00 bits per heavy atom. The van der Waals surface area contributed by atoms with Crippen LogP contribution in [0, 0.1) is 0 Å². The van der Waals surface area contributed by atoms with E-state index in [4.69, 9.17) is 0 Å². The van der Waals surface area contributed by atoms with Crippen LogP contribution in [-0.4, -0.2) is 17.5 Å². The van der Waals surface area contributed by atoms with E-state index >= 15 is 0 Å². The van der Waals surface area contributed by atoms with Crippen molar-refractivity contribution in [3.05, 3.63) is 24.3 Å². The molecule has 7 heteroatoms. The average Bonchev–Trinajstić information content (AvgIpc) is 2.04. The van der Waals surface area contributed by atoms with Gasteiger partial charge in [0.1, 0.15) is 0 Å². The van der Waals surface area contributed by atoms with E-state index < -0.39 is 22.2 Å². The molecule has 0 N–H and O–H groups in total. The van der Waals surface area contributed by atoms with E-state index in [1.54, 1.807) is 0 Å². The van der Waals surface area contributed by atoms with Crippen LogP contribution in [0.4, 0.5) is 0 Å². The summed E-state index contributed by atoms with van der Waals surface area (Å²) in [6.45, 7) is 0. The summed E-state index contributed by atoms with van der Waals surface area (Å²) in [7, 11) is 0. The quantitative estimate of drug-likeness (QED) is 0.566. The largest absolute Gasteiger partial charge is 2.00 e. The zero-order valence-electron chi connectivity index (χ0n) is 6.47. The molecule has 1 aromatic rings. The SMILES string of the molecule is O=S([O-])c1cccc(S(=O)[O-])c1.[Zn+2]. The Bertz CT molecular complexity index is 312. The third-order valence-electron chi connectivity index (χ3n) is 1.19. The van der Waals surface area contributed by atoms with E-state index in [0.29, 0.717) is 0 Å². The molecule has 0 aliphatic heterocycles. The van der Waals surface area contributed by atoms with Gasteiger partial charge in [-0.25, -0.2) is 0 Å². The molecular weight excluding hydrogens is 266 g/mol. The van der Waals surface area contributed by atoms with Crippen molar-refractivity contribution in [2.45, 2.75) is 9.79 Å². The number of benzene rings is 1. The molecule has 1 rings (SSSR count). The zero-order chi connectivity index (χ0) is 9.14. The first-order valence-corrected chi connectivity index (χ1v) is 5.05. The maximum atomic E-state index is 10.4. The van der Waals surface area contributed by atoms with E-state index in [0.717, 1.165) is 6.07 Å². The van der Waals surface area contributed by atoms with Crippen molar-refractivity contribution in [2.75, 3.05) is 0 Å². The zero-order valence-corrected chi connectivity index (χ0v) is 11.1. The number of hydrogen-bond acceptors (Lipinski definition) is 4. The molecular formula is C6H4O4S2Zn. The van der Waals surface area contributed by atoms with Gasteiger partial charge in [-0.05, 0) is 40.4 Å². The molecule has 1 aromatic carbocycles. The molecule has 0 saturated heterocycles. The summed E-state index contributed by atoms with van der Waals surface area (Å²) < 4.78 is 41.5. The van der Waals surface area contributed by atoms with Gasteiger partial charge in [0.15, 0.2) is 0 Å². The standard InChI is InChI=1S/C6H6O4S2.Zn/c7-11(8)5-2-1-3-6(4-5)12(9)10;/h1-4H,(H,7,8)(H,9,10);/q;+2/p-2. The molecule has 0 bridgehead atoms. The van der Waals surface area contributed by atoms with Gasteiger partial charge in [0.05, 0.1) is 0 Å². The van der Waals surface area contributed by atoms with Crippen LogP contribution >= 0.6 is 0 Å². The monoisotopic (exact) mass is 268 g/mol. The molecule has 2 atom stereocenters. The Morgan fingerprint density at radius 2 is 1.38 bits per heavy atom. The smallest absolute Gasteiger partial charge is 0.768 e. The van der Waals surface area contributed by atoms with Gasteiger partial charge in [-0.1, -0.05) is 6.07 Å². The molecule has 66 valence electrons. The fourth-order valence-electron chi connectivity index (χ4n) is 0.682. The second-order valence-electron chi connectivity index (χ2n) is 1.94. The van der Waals surface area contributed by atoms with Crippen LogP contribution in [0.25, 0.3) is 0 Å². The molecule has 0 saturated carbocycles. The van der Waals surface area contributed by atoms with Gasteiger partial charge < -0.3 is 9.11 Å². The Kier molecular flexibility index (Phi) is 5.75. The summed E-state index contributed by atoms with van der Waals surface area (Å²) in [4.78, 5) is -0.0617. The van der Waals surface area contributed by atoms with Crippen molar-refractivity contribution >= 4 is 22.2 Å². The van der Waals surface area contributed by atoms with E-state index in [9.17, 15) is 17.5 Å². The molecule has 0 aromatic heterocycles. The Balaban J connectivity index is 0.00000144. The van der Waals surface area contributed by atoms with Crippen LogP contribution in [-0.2, 0) is 41.6 Å². The molecule has 0 aliphatic carbocycles. The summed E-state index contributed by atoms with van der Waals surface area (Å²) in [5.74, 6) is 0. The summed E-state index contributed by atoms with van der Waals surface area (Å²) in [6.07, 6.45) is 0. The van der Waals surface area contributed by atoms with Crippen molar-refractivity contribution in [1.29, 1.82) is 0 Å². The molecule has 4 nitrogen and oxygen atoms in total. The van der Waals surface area contributed by atoms with Crippen LogP contribution in [0.3, 0.4) is 0 Å². The van der Waals surface area contributed by atoms with Crippen LogP contribution in [0.1, 0.15) is 0 Å².